The maximum Gasteiger partial charge on any atom is 0.321 e. The molecule has 146 valence electrons. The summed E-state index contributed by atoms with van der Waals surface area (Å²) in [6, 6.07) is 15.4. The van der Waals surface area contributed by atoms with E-state index in [-0.39, 0.29) is 6.03 Å². The summed E-state index contributed by atoms with van der Waals surface area (Å²) in [7, 11) is 0. The minimum absolute atomic E-state index is 0.0625. The number of hydrogen-bond donors (Lipinski definition) is 2. The van der Waals surface area contributed by atoms with Crippen LogP contribution >= 0.6 is 0 Å². The van der Waals surface area contributed by atoms with Gasteiger partial charge in [0, 0.05) is 31.9 Å². The number of fused-ring (bicyclic) bond motifs is 1. The number of para-hydroxylation sites is 2. The van der Waals surface area contributed by atoms with Crippen LogP contribution in [-0.4, -0.2) is 58.6 Å². The predicted molar refractivity (Wildman–Crippen MR) is 110 cm³/mol. The van der Waals surface area contributed by atoms with Crippen LogP contribution < -0.4 is 10.1 Å². The molecule has 2 amide bonds. The number of carbonyl (C=O) groups is 1. The Bertz CT molecular complexity index is 896. The third-order valence-electron chi connectivity index (χ3n) is 4.89. The van der Waals surface area contributed by atoms with Crippen molar-refractivity contribution in [2.75, 3.05) is 38.1 Å². The van der Waals surface area contributed by atoms with Crippen LogP contribution in [0.3, 0.4) is 0 Å². The largest absolute Gasteiger partial charge is 0.494 e. The van der Waals surface area contributed by atoms with Gasteiger partial charge in [-0.2, -0.15) is 0 Å². The first kappa shape index (κ1) is 18.3. The standard InChI is InChI=1S/C21H25N5O2/c1-2-28-17-9-7-16(8-10-17)22-21(27)26-13-11-25(12-14-26)15-20-23-18-5-3-4-6-19(18)24-20/h3-10H,2,11-15H2,1H3,(H,22,27)(H,23,24). The number of imidazole rings is 1. The Balaban J connectivity index is 1.27. The van der Waals surface area contributed by atoms with E-state index in [4.69, 9.17) is 4.74 Å². The highest BCUT2D eigenvalue weighted by Crippen LogP contribution is 2.17. The van der Waals surface area contributed by atoms with Gasteiger partial charge in [-0.1, -0.05) is 12.1 Å². The zero-order valence-corrected chi connectivity index (χ0v) is 16.0. The fourth-order valence-electron chi connectivity index (χ4n) is 3.41. The molecule has 0 radical (unpaired) electrons. The van der Waals surface area contributed by atoms with Crippen molar-refractivity contribution in [1.29, 1.82) is 0 Å². The van der Waals surface area contributed by atoms with Crippen LogP contribution in [0.25, 0.3) is 11.0 Å². The van der Waals surface area contributed by atoms with Gasteiger partial charge >= 0.3 is 6.03 Å². The van der Waals surface area contributed by atoms with Gasteiger partial charge in [-0.05, 0) is 43.3 Å². The maximum atomic E-state index is 12.5. The van der Waals surface area contributed by atoms with Crippen molar-refractivity contribution in [1.82, 2.24) is 19.8 Å². The lowest BCUT2D eigenvalue weighted by atomic mass is 10.3. The number of aromatic nitrogens is 2. The van der Waals surface area contributed by atoms with Crippen LogP contribution in [0.2, 0.25) is 0 Å². The number of hydrogen-bond acceptors (Lipinski definition) is 4. The molecular weight excluding hydrogens is 354 g/mol. The zero-order chi connectivity index (χ0) is 19.3. The van der Waals surface area contributed by atoms with E-state index < -0.39 is 0 Å². The summed E-state index contributed by atoms with van der Waals surface area (Å²) in [6.45, 7) is 6.39. The van der Waals surface area contributed by atoms with E-state index in [9.17, 15) is 4.79 Å². The number of benzene rings is 2. The van der Waals surface area contributed by atoms with E-state index in [0.717, 1.165) is 47.9 Å². The molecule has 0 atom stereocenters. The Kier molecular flexibility index (Phi) is 5.43. The summed E-state index contributed by atoms with van der Waals surface area (Å²) >= 11 is 0. The van der Waals surface area contributed by atoms with E-state index in [1.807, 2.05) is 60.4 Å². The molecule has 7 nitrogen and oxygen atoms in total. The van der Waals surface area contributed by atoms with Gasteiger partial charge in [-0.3, -0.25) is 4.90 Å². The monoisotopic (exact) mass is 379 g/mol. The number of nitrogens with one attached hydrogen (secondary N) is 2. The second-order valence-corrected chi connectivity index (χ2v) is 6.85. The van der Waals surface area contributed by atoms with Gasteiger partial charge in [0.15, 0.2) is 0 Å². The summed E-state index contributed by atoms with van der Waals surface area (Å²) in [5.74, 6) is 1.77. The fourth-order valence-corrected chi connectivity index (χ4v) is 3.41. The molecule has 1 saturated heterocycles. The average molecular weight is 379 g/mol. The van der Waals surface area contributed by atoms with Gasteiger partial charge in [-0.25, -0.2) is 9.78 Å². The molecule has 0 spiro atoms. The number of aromatic amines is 1. The lowest BCUT2D eigenvalue weighted by Gasteiger charge is -2.34. The van der Waals surface area contributed by atoms with Crippen molar-refractivity contribution in [2.24, 2.45) is 0 Å². The molecule has 1 aromatic heterocycles. The fraction of sp³-hybridized carbons (Fsp3) is 0.333. The summed E-state index contributed by atoms with van der Waals surface area (Å²) in [5.41, 5.74) is 2.83. The van der Waals surface area contributed by atoms with E-state index in [1.165, 1.54) is 0 Å². The normalized spacial score (nSPS) is 15.0. The number of anilines is 1. The Morgan fingerprint density at radius 3 is 2.57 bits per heavy atom. The van der Waals surface area contributed by atoms with Crippen molar-refractivity contribution in [2.45, 2.75) is 13.5 Å². The lowest BCUT2D eigenvalue weighted by molar-refractivity contribution is 0.141. The van der Waals surface area contributed by atoms with Crippen molar-refractivity contribution in [3.63, 3.8) is 0 Å². The number of rotatable bonds is 5. The molecule has 1 fully saturated rings. The quantitative estimate of drug-likeness (QED) is 0.713. The number of nitrogens with zero attached hydrogens (tertiary/aromatic N) is 3. The number of piperazine rings is 1. The molecular formula is C21H25N5O2. The highest BCUT2D eigenvalue weighted by molar-refractivity contribution is 5.89. The Labute approximate surface area is 164 Å². The van der Waals surface area contributed by atoms with Crippen molar-refractivity contribution >= 4 is 22.8 Å². The van der Waals surface area contributed by atoms with Crippen molar-refractivity contribution in [3.05, 3.63) is 54.4 Å². The number of amides is 2. The molecule has 2 heterocycles. The van der Waals surface area contributed by atoms with Crippen LogP contribution in [0.5, 0.6) is 5.75 Å². The van der Waals surface area contributed by atoms with Gasteiger partial charge < -0.3 is 19.9 Å². The van der Waals surface area contributed by atoms with Crippen LogP contribution in [0.1, 0.15) is 12.7 Å². The first-order valence-electron chi connectivity index (χ1n) is 9.66. The number of urea groups is 1. The first-order chi connectivity index (χ1) is 13.7. The number of ether oxygens (including phenoxy) is 1. The SMILES string of the molecule is CCOc1ccc(NC(=O)N2CCN(Cc3nc4ccccc4[nH]3)CC2)cc1. The molecule has 0 aliphatic carbocycles. The van der Waals surface area contributed by atoms with Crippen LogP contribution in [0.4, 0.5) is 10.5 Å². The number of H-pyrrole nitrogens is 1. The Morgan fingerprint density at radius 2 is 1.86 bits per heavy atom. The third kappa shape index (κ3) is 4.26. The highest BCUT2D eigenvalue weighted by atomic mass is 16.5. The molecule has 0 saturated carbocycles. The predicted octanol–water partition coefficient (Wildman–Crippen LogP) is 3.31. The summed E-state index contributed by atoms with van der Waals surface area (Å²) < 4.78 is 5.43. The summed E-state index contributed by atoms with van der Waals surface area (Å²) in [5, 5.41) is 2.96. The average Bonchev–Trinajstić information content (AvgIpc) is 3.12. The van der Waals surface area contributed by atoms with Gasteiger partial charge in [-0.15, -0.1) is 0 Å². The molecule has 4 rings (SSSR count). The van der Waals surface area contributed by atoms with Gasteiger partial charge in [0.25, 0.3) is 0 Å². The molecule has 3 aromatic rings. The van der Waals surface area contributed by atoms with Crippen molar-refractivity contribution < 1.29 is 9.53 Å². The maximum absolute atomic E-state index is 12.5. The molecule has 2 N–H and O–H groups in total. The molecule has 7 heteroatoms. The second-order valence-electron chi connectivity index (χ2n) is 6.85. The molecule has 1 aliphatic heterocycles. The van der Waals surface area contributed by atoms with Gasteiger partial charge in [0.05, 0.1) is 24.2 Å². The van der Waals surface area contributed by atoms with Gasteiger partial charge in [0.2, 0.25) is 0 Å². The second kappa shape index (κ2) is 8.31. The minimum Gasteiger partial charge on any atom is -0.494 e. The van der Waals surface area contributed by atoms with E-state index in [0.29, 0.717) is 19.7 Å². The van der Waals surface area contributed by atoms with E-state index >= 15 is 0 Å². The topological polar surface area (TPSA) is 73.5 Å². The first-order valence-corrected chi connectivity index (χ1v) is 9.66. The molecule has 2 aromatic carbocycles. The van der Waals surface area contributed by atoms with E-state index in [1.54, 1.807) is 0 Å². The van der Waals surface area contributed by atoms with Crippen LogP contribution in [0, 0.1) is 0 Å². The number of carbonyl (C=O) groups excluding carboxylic acids is 1. The smallest absolute Gasteiger partial charge is 0.321 e. The zero-order valence-electron chi connectivity index (χ0n) is 16.0. The van der Waals surface area contributed by atoms with Gasteiger partial charge in [0.1, 0.15) is 11.6 Å². The van der Waals surface area contributed by atoms with Crippen molar-refractivity contribution in [3.8, 4) is 5.75 Å². The third-order valence-corrected chi connectivity index (χ3v) is 4.89. The summed E-state index contributed by atoms with van der Waals surface area (Å²) in [6.07, 6.45) is 0. The molecule has 28 heavy (non-hydrogen) atoms. The Morgan fingerprint density at radius 1 is 1.11 bits per heavy atom. The molecule has 1 aliphatic rings. The highest BCUT2D eigenvalue weighted by Gasteiger charge is 2.22. The molecule has 0 unspecified atom stereocenters. The van der Waals surface area contributed by atoms with Crippen LogP contribution in [0.15, 0.2) is 48.5 Å². The molecule has 0 bridgehead atoms. The Hall–Kier alpha value is -3.06. The van der Waals surface area contributed by atoms with Crippen LogP contribution in [-0.2, 0) is 6.54 Å². The van der Waals surface area contributed by atoms with E-state index in [2.05, 4.69) is 20.2 Å². The summed E-state index contributed by atoms with van der Waals surface area (Å²) in [4.78, 5) is 24.7. The lowest BCUT2D eigenvalue weighted by Crippen LogP contribution is -2.49. The minimum atomic E-state index is -0.0625.